The van der Waals surface area contributed by atoms with Gasteiger partial charge >= 0.3 is 0 Å². The standard InChI is InChI=1S/C10H14O.C4H10/c1-3-6-9-7-4-5-8-10(9)11-2;1-3-4-2/h4-5,7-8H,3,6H2,1-2H3;3-4H2,1-2H3. The molecule has 0 saturated heterocycles. The molecule has 15 heavy (non-hydrogen) atoms. The zero-order valence-electron chi connectivity index (χ0n) is 10.5. The highest BCUT2D eigenvalue weighted by molar-refractivity contribution is 5.33. The topological polar surface area (TPSA) is 9.23 Å². The van der Waals surface area contributed by atoms with Crippen LogP contribution in [0.15, 0.2) is 24.3 Å². The van der Waals surface area contributed by atoms with Crippen molar-refractivity contribution in [3.8, 4) is 5.75 Å². The number of methoxy groups -OCH3 is 1. The molecule has 1 rings (SSSR count). The van der Waals surface area contributed by atoms with E-state index in [0.29, 0.717) is 0 Å². The van der Waals surface area contributed by atoms with E-state index in [0.717, 1.165) is 12.2 Å². The van der Waals surface area contributed by atoms with Crippen LogP contribution in [0.4, 0.5) is 0 Å². The van der Waals surface area contributed by atoms with Gasteiger partial charge in [-0.05, 0) is 18.1 Å². The van der Waals surface area contributed by atoms with Crippen molar-refractivity contribution < 1.29 is 4.74 Å². The minimum absolute atomic E-state index is 1.01. The molecule has 0 saturated carbocycles. The minimum Gasteiger partial charge on any atom is -0.496 e. The molecule has 0 fully saturated rings. The van der Waals surface area contributed by atoms with Crippen LogP contribution in [-0.2, 0) is 6.42 Å². The molecular formula is C14H24O. The fourth-order valence-corrected chi connectivity index (χ4v) is 1.18. The van der Waals surface area contributed by atoms with Gasteiger partial charge in [-0.15, -0.1) is 0 Å². The molecule has 0 N–H and O–H groups in total. The van der Waals surface area contributed by atoms with E-state index >= 15 is 0 Å². The summed E-state index contributed by atoms with van der Waals surface area (Å²) >= 11 is 0. The maximum Gasteiger partial charge on any atom is 0.122 e. The van der Waals surface area contributed by atoms with Gasteiger partial charge in [-0.1, -0.05) is 58.2 Å². The maximum atomic E-state index is 5.20. The van der Waals surface area contributed by atoms with Crippen LogP contribution in [0.2, 0.25) is 0 Å². The Hall–Kier alpha value is -0.980. The Bertz CT molecular complexity index is 241. The summed E-state index contributed by atoms with van der Waals surface area (Å²) in [7, 11) is 1.72. The first-order chi connectivity index (χ1) is 7.29. The first-order valence-electron chi connectivity index (χ1n) is 5.91. The Balaban J connectivity index is 0.000000423. The van der Waals surface area contributed by atoms with Gasteiger partial charge in [-0.2, -0.15) is 0 Å². The zero-order chi connectivity index (χ0) is 11.5. The van der Waals surface area contributed by atoms with Crippen LogP contribution in [0.25, 0.3) is 0 Å². The van der Waals surface area contributed by atoms with E-state index < -0.39 is 0 Å². The number of ether oxygens (including phenoxy) is 1. The Labute approximate surface area is 94.5 Å². The second-order valence-electron chi connectivity index (χ2n) is 3.56. The largest absolute Gasteiger partial charge is 0.496 e. The molecule has 0 aliphatic heterocycles. The van der Waals surface area contributed by atoms with Crippen molar-refractivity contribution in [1.29, 1.82) is 0 Å². The lowest BCUT2D eigenvalue weighted by atomic mass is 10.1. The van der Waals surface area contributed by atoms with Crippen LogP contribution in [-0.4, -0.2) is 7.11 Å². The molecule has 1 nitrogen and oxygen atoms in total. The molecule has 0 atom stereocenters. The average molecular weight is 208 g/mol. The van der Waals surface area contributed by atoms with Crippen LogP contribution < -0.4 is 4.74 Å². The lowest BCUT2D eigenvalue weighted by molar-refractivity contribution is 0.409. The molecule has 0 heterocycles. The zero-order valence-corrected chi connectivity index (χ0v) is 10.5. The van der Waals surface area contributed by atoms with Gasteiger partial charge in [-0.3, -0.25) is 0 Å². The third-order valence-corrected chi connectivity index (χ3v) is 2.21. The molecule has 0 amide bonds. The summed E-state index contributed by atoms with van der Waals surface area (Å²) in [6, 6.07) is 8.17. The molecule has 1 heteroatoms. The molecule has 86 valence electrons. The molecule has 0 spiro atoms. The second-order valence-corrected chi connectivity index (χ2v) is 3.56. The summed E-state index contributed by atoms with van der Waals surface area (Å²) in [5, 5.41) is 0. The molecule has 0 aliphatic rings. The number of hydrogen-bond donors (Lipinski definition) is 0. The quantitative estimate of drug-likeness (QED) is 0.710. The highest BCUT2D eigenvalue weighted by Crippen LogP contribution is 2.18. The summed E-state index contributed by atoms with van der Waals surface area (Å²) in [6.45, 7) is 6.53. The van der Waals surface area contributed by atoms with Gasteiger partial charge in [-0.25, -0.2) is 0 Å². The predicted molar refractivity (Wildman–Crippen MR) is 67.6 cm³/mol. The van der Waals surface area contributed by atoms with E-state index in [2.05, 4.69) is 26.8 Å². The van der Waals surface area contributed by atoms with Gasteiger partial charge in [0.15, 0.2) is 0 Å². The van der Waals surface area contributed by atoms with Gasteiger partial charge in [0.25, 0.3) is 0 Å². The monoisotopic (exact) mass is 208 g/mol. The normalized spacial score (nSPS) is 9.07. The van der Waals surface area contributed by atoms with E-state index in [1.165, 1.54) is 24.8 Å². The Morgan fingerprint density at radius 3 is 2.00 bits per heavy atom. The summed E-state index contributed by atoms with van der Waals surface area (Å²) in [5.41, 5.74) is 1.30. The molecule has 0 radical (unpaired) electrons. The lowest BCUT2D eigenvalue weighted by Gasteiger charge is -2.05. The fraction of sp³-hybridized carbons (Fsp3) is 0.571. The summed E-state index contributed by atoms with van der Waals surface area (Å²) in [4.78, 5) is 0. The third-order valence-electron chi connectivity index (χ3n) is 2.21. The van der Waals surface area contributed by atoms with E-state index in [1.54, 1.807) is 7.11 Å². The highest BCUT2D eigenvalue weighted by Gasteiger charge is 1.97. The van der Waals surface area contributed by atoms with Gasteiger partial charge < -0.3 is 4.74 Å². The maximum absolute atomic E-state index is 5.20. The van der Waals surface area contributed by atoms with Crippen LogP contribution in [0.1, 0.15) is 45.6 Å². The second kappa shape index (κ2) is 9.57. The van der Waals surface area contributed by atoms with Gasteiger partial charge in [0, 0.05) is 0 Å². The number of aryl methyl sites for hydroxylation is 1. The van der Waals surface area contributed by atoms with Crippen molar-refractivity contribution in [2.75, 3.05) is 7.11 Å². The summed E-state index contributed by atoms with van der Waals surface area (Å²) in [6.07, 6.45) is 4.91. The number of hydrogen-bond acceptors (Lipinski definition) is 1. The molecule has 0 unspecified atom stereocenters. The fourth-order valence-electron chi connectivity index (χ4n) is 1.18. The van der Waals surface area contributed by atoms with Gasteiger partial charge in [0.05, 0.1) is 7.11 Å². The third kappa shape index (κ3) is 6.16. The number of benzene rings is 1. The van der Waals surface area contributed by atoms with Crippen molar-refractivity contribution in [1.82, 2.24) is 0 Å². The van der Waals surface area contributed by atoms with Crippen molar-refractivity contribution >= 4 is 0 Å². The molecular weight excluding hydrogens is 184 g/mol. The Morgan fingerprint density at radius 1 is 0.933 bits per heavy atom. The van der Waals surface area contributed by atoms with E-state index in [4.69, 9.17) is 4.74 Å². The number of rotatable bonds is 4. The Kier molecular flexibility index (Phi) is 8.95. The molecule has 0 aromatic heterocycles. The molecule has 0 bridgehead atoms. The molecule has 1 aromatic rings. The highest BCUT2D eigenvalue weighted by atomic mass is 16.5. The first-order valence-corrected chi connectivity index (χ1v) is 5.91. The first kappa shape index (κ1) is 14.0. The van der Waals surface area contributed by atoms with Crippen LogP contribution in [0.5, 0.6) is 5.75 Å². The molecule has 0 aliphatic carbocycles. The van der Waals surface area contributed by atoms with Gasteiger partial charge in [0.2, 0.25) is 0 Å². The van der Waals surface area contributed by atoms with E-state index in [-0.39, 0.29) is 0 Å². The van der Waals surface area contributed by atoms with Crippen LogP contribution in [0, 0.1) is 0 Å². The van der Waals surface area contributed by atoms with E-state index in [9.17, 15) is 0 Å². The van der Waals surface area contributed by atoms with Crippen molar-refractivity contribution in [2.24, 2.45) is 0 Å². The van der Waals surface area contributed by atoms with Crippen LogP contribution >= 0.6 is 0 Å². The number of para-hydroxylation sites is 1. The average Bonchev–Trinajstić information content (AvgIpc) is 2.30. The summed E-state index contributed by atoms with van der Waals surface area (Å²) in [5.74, 6) is 1.01. The lowest BCUT2D eigenvalue weighted by Crippen LogP contribution is -1.90. The molecule has 1 aromatic carbocycles. The SMILES string of the molecule is CCCC.CCCc1ccccc1OC. The number of unbranched alkanes of at least 4 members (excludes halogenated alkanes) is 1. The Morgan fingerprint density at radius 2 is 1.53 bits per heavy atom. The minimum atomic E-state index is 1.01. The van der Waals surface area contributed by atoms with Crippen LogP contribution in [0.3, 0.4) is 0 Å². The van der Waals surface area contributed by atoms with Crippen molar-refractivity contribution in [3.05, 3.63) is 29.8 Å². The predicted octanol–water partition coefficient (Wildman–Crippen LogP) is 4.45. The van der Waals surface area contributed by atoms with Crippen molar-refractivity contribution in [3.63, 3.8) is 0 Å². The van der Waals surface area contributed by atoms with Crippen molar-refractivity contribution in [2.45, 2.75) is 46.5 Å². The smallest absolute Gasteiger partial charge is 0.122 e. The van der Waals surface area contributed by atoms with Gasteiger partial charge in [0.1, 0.15) is 5.75 Å². The summed E-state index contributed by atoms with van der Waals surface area (Å²) < 4.78 is 5.20. The van der Waals surface area contributed by atoms with E-state index in [1.807, 2.05) is 18.2 Å².